The molecule has 0 radical (unpaired) electrons. The van der Waals surface area contributed by atoms with Crippen LogP contribution in [0.25, 0.3) is 0 Å². The smallest absolute Gasteiger partial charge is 0.162 e. The Bertz CT molecular complexity index is 407. The van der Waals surface area contributed by atoms with Gasteiger partial charge in [-0.05, 0) is 42.5 Å². The summed E-state index contributed by atoms with van der Waals surface area (Å²) in [4.78, 5) is 11.7. The van der Waals surface area contributed by atoms with Crippen molar-refractivity contribution in [2.45, 2.75) is 25.7 Å². The first kappa shape index (κ1) is 10.1. The highest BCUT2D eigenvalue weighted by Gasteiger charge is 2.13. The largest absolute Gasteiger partial charge is 0.294 e. The minimum atomic E-state index is -0.277. The molecule has 1 aromatic rings. The molecule has 1 nitrogen and oxygen atoms in total. The van der Waals surface area contributed by atoms with Gasteiger partial charge in [0.25, 0.3) is 0 Å². The van der Waals surface area contributed by atoms with Gasteiger partial charge in [0.2, 0.25) is 0 Å². The number of hydrogen-bond donors (Lipinski definition) is 0. The summed E-state index contributed by atoms with van der Waals surface area (Å²) in [5.74, 6) is -0.140. The Morgan fingerprint density at radius 1 is 1.40 bits per heavy atom. The van der Waals surface area contributed by atoms with Gasteiger partial charge >= 0.3 is 0 Å². The minimum absolute atomic E-state index is 0.137. The van der Waals surface area contributed by atoms with E-state index in [-0.39, 0.29) is 11.6 Å². The summed E-state index contributed by atoms with van der Waals surface area (Å²) in [5.41, 5.74) is 1.67. The molecular formula is C13H13FO. The summed E-state index contributed by atoms with van der Waals surface area (Å²) in [6.45, 7) is 0. The number of allylic oxidation sites excluding steroid dienone is 2. The van der Waals surface area contributed by atoms with E-state index in [0.717, 1.165) is 30.4 Å². The number of hydrogen-bond acceptors (Lipinski definition) is 1. The number of carbonyl (C=O) groups is 1. The summed E-state index contributed by atoms with van der Waals surface area (Å²) in [6, 6.07) is 6.24. The molecule has 2 rings (SSSR count). The van der Waals surface area contributed by atoms with Crippen LogP contribution in [0.3, 0.4) is 0 Å². The van der Waals surface area contributed by atoms with Crippen molar-refractivity contribution in [2.75, 3.05) is 0 Å². The van der Waals surface area contributed by atoms with Crippen molar-refractivity contribution in [1.82, 2.24) is 0 Å². The molecule has 0 fully saturated rings. The number of rotatable bonds is 3. The van der Waals surface area contributed by atoms with E-state index in [1.54, 1.807) is 12.1 Å². The number of Topliss-reactive ketones (excluding diaryl/α,β-unsaturated/α-hetero) is 1. The zero-order valence-electron chi connectivity index (χ0n) is 8.50. The van der Waals surface area contributed by atoms with Gasteiger partial charge in [0.1, 0.15) is 5.82 Å². The van der Waals surface area contributed by atoms with Crippen LogP contribution in [0.2, 0.25) is 0 Å². The van der Waals surface area contributed by atoms with Crippen LogP contribution in [0, 0.1) is 5.82 Å². The highest BCUT2D eigenvalue weighted by atomic mass is 19.1. The Balaban J connectivity index is 2.05. The maximum absolute atomic E-state index is 12.9. The average molecular weight is 204 g/mol. The fourth-order valence-corrected chi connectivity index (χ4v) is 1.87. The molecule has 0 bridgehead atoms. The summed E-state index contributed by atoms with van der Waals surface area (Å²) < 4.78 is 12.9. The molecular weight excluding hydrogens is 191 g/mol. The van der Waals surface area contributed by atoms with Gasteiger partial charge in [0, 0.05) is 6.42 Å². The predicted octanol–water partition coefficient (Wildman–Crippen LogP) is 3.05. The van der Waals surface area contributed by atoms with Gasteiger partial charge in [-0.15, -0.1) is 0 Å². The second kappa shape index (κ2) is 4.39. The van der Waals surface area contributed by atoms with Gasteiger partial charge in [-0.1, -0.05) is 18.2 Å². The Labute approximate surface area is 88.6 Å². The minimum Gasteiger partial charge on any atom is -0.294 e. The second-order valence-corrected chi connectivity index (χ2v) is 3.85. The summed E-state index contributed by atoms with van der Waals surface area (Å²) in [5, 5.41) is 0. The normalized spacial score (nSPS) is 15.1. The molecule has 0 saturated carbocycles. The molecule has 0 unspecified atom stereocenters. The van der Waals surface area contributed by atoms with Gasteiger partial charge in [0.05, 0.1) is 0 Å². The zero-order chi connectivity index (χ0) is 10.7. The molecule has 1 aromatic carbocycles. The standard InChI is InChI=1S/C13H13FO/c14-12-7-3-4-10(8-12)9-13(15)11-5-1-2-6-11/h3-5,7-8H,1-2,6,9H2. The molecule has 78 valence electrons. The lowest BCUT2D eigenvalue weighted by molar-refractivity contribution is -0.115. The van der Waals surface area contributed by atoms with Crippen molar-refractivity contribution in [3.05, 3.63) is 47.3 Å². The van der Waals surface area contributed by atoms with E-state index in [1.165, 1.54) is 12.1 Å². The third-order valence-electron chi connectivity index (χ3n) is 2.65. The van der Waals surface area contributed by atoms with Crippen LogP contribution in [-0.4, -0.2) is 5.78 Å². The Kier molecular flexibility index (Phi) is 2.95. The van der Waals surface area contributed by atoms with E-state index in [1.807, 2.05) is 6.08 Å². The van der Waals surface area contributed by atoms with Crippen LogP contribution in [0.4, 0.5) is 4.39 Å². The average Bonchev–Trinajstić information content (AvgIpc) is 2.70. The fourth-order valence-electron chi connectivity index (χ4n) is 1.87. The number of halogens is 1. The molecule has 0 atom stereocenters. The summed E-state index contributed by atoms with van der Waals surface area (Å²) in [7, 11) is 0. The Morgan fingerprint density at radius 2 is 2.27 bits per heavy atom. The van der Waals surface area contributed by atoms with Crippen LogP contribution in [0.15, 0.2) is 35.9 Å². The van der Waals surface area contributed by atoms with E-state index in [4.69, 9.17) is 0 Å². The first-order valence-corrected chi connectivity index (χ1v) is 5.22. The van der Waals surface area contributed by atoms with E-state index < -0.39 is 0 Å². The van der Waals surface area contributed by atoms with Crippen molar-refractivity contribution >= 4 is 5.78 Å². The number of ketones is 1. The van der Waals surface area contributed by atoms with Crippen molar-refractivity contribution in [1.29, 1.82) is 0 Å². The second-order valence-electron chi connectivity index (χ2n) is 3.85. The SMILES string of the molecule is O=C(Cc1cccc(F)c1)C1=CCCC1. The van der Waals surface area contributed by atoms with Crippen LogP contribution in [0.1, 0.15) is 24.8 Å². The molecule has 2 heteroatoms. The molecule has 0 aliphatic heterocycles. The van der Waals surface area contributed by atoms with E-state index >= 15 is 0 Å². The molecule has 0 N–H and O–H groups in total. The lowest BCUT2D eigenvalue weighted by atomic mass is 10.0. The van der Waals surface area contributed by atoms with E-state index in [2.05, 4.69) is 0 Å². The van der Waals surface area contributed by atoms with Crippen LogP contribution >= 0.6 is 0 Å². The highest BCUT2D eigenvalue weighted by molar-refractivity contribution is 5.97. The zero-order valence-corrected chi connectivity index (χ0v) is 8.50. The molecule has 0 aromatic heterocycles. The number of carbonyl (C=O) groups excluding carboxylic acids is 1. The number of benzene rings is 1. The van der Waals surface area contributed by atoms with E-state index in [9.17, 15) is 9.18 Å². The molecule has 0 spiro atoms. The van der Waals surface area contributed by atoms with Crippen molar-refractivity contribution < 1.29 is 9.18 Å². The molecule has 15 heavy (non-hydrogen) atoms. The van der Waals surface area contributed by atoms with Gasteiger partial charge in [-0.25, -0.2) is 4.39 Å². The lowest BCUT2D eigenvalue weighted by Crippen LogP contribution is -2.04. The Morgan fingerprint density at radius 3 is 2.93 bits per heavy atom. The fraction of sp³-hybridized carbons (Fsp3) is 0.308. The third kappa shape index (κ3) is 2.52. The van der Waals surface area contributed by atoms with Gasteiger partial charge in [-0.3, -0.25) is 4.79 Å². The molecule has 0 amide bonds. The highest BCUT2D eigenvalue weighted by Crippen LogP contribution is 2.20. The van der Waals surface area contributed by atoms with E-state index in [0.29, 0.717) is 6.42 Å². The van der Waals surface area contributed by atoms with Crippen LogP contribution in [0.5, 0.6) is 0 Å². The Hall–Kier alpha value is -1.44. The summed E-state index contributed by atoms with van der Waals surface area (Å²) >= 11 is 0. The molecule has 0 heterocycles. The topological polar surface area (TPSA) is 17.1 Å². The van der Waals surface area contributed by atoms with Crippen LogP contribution in [-0.2, 0) is 11.2 Å². The van der Waals surface area contributed by atoms with Crippen molar-refractivity contribution in [3.8, 4) is 0 Å². The van der Waals surface area contributed by atoms with Gasteiger partial charge < -0.3 is 0 Å². The summed E-state index contributed by atoms with van der Waals surface area (Å²) in [6.07, 6.45) is 5.29. The monoisotopic (exact) mass is 204 g/mol. The van der Waals surface area contributed by atoms with Crippen LogP contribution < -0.4 is 0 Å². The van der Waals surface area contributed by atoms with Crippen molar-refractivity contribution in [3.63, 3.8) is 0 Å². The lowest BCUT2D eigenvalue weighted by Gasteiger charge is -2.01. The maximum atomic E-state index is 12.9. The maximum Gasteiger partial charge on any atom is 0.162 e. The third-order valence-corrected chi connectivity index (χ3v) is 2.65. The quantitative estimate of drug-likeness (QED) is 0.739. The van der Waals surface area contributed by atoms with Gasteiger partial charge in [0.15, 0.2) is 5.78 Å². The van der Waals surface area contributed by atoms with Gasteiger partial charge in [-0.2, -0.15) is 0 Å². The molecule has 1 aliphatic rings. The molecule has 0 saturated heterocycles. The predicted molar refractivity (Wildman–Crippen MR) is 57.0 cm³/mol. The van der Waals surface area contributed by atoms with Crippen molar-refractivity contribution in [2.24, 2.45) is 0 Å². The first-order valence-electron chi connectivity index (χ1n) is 5.22. The first-order chi connectivity index (χ1) is 7.25. The molecule has 1 aliphatic carbocycles.